The summed E-state index contributed by atoms with van der Waals surface area (Å²) < 4.78 is 25.1. The van der Waals surface area contributed by atoms with Crippen molar-refractivity contribution >= 4 is 17.5 Å². The van der Waals surface area contributed by atoms with E-state index in [4.69, 9.17) is 9.47 Å². The highest BCUT2D eigenvalue weighted by Gasteiger charge is 2.30. The first-order chi connectivity index (χ1) is 17.3. The summed E-state index contributed by atoms with van der Waals surface area (Å²) in [5.74, 6) is -1.36. The number of methoxy groups -OCH3 is 1. The second-order valence-electron chi connectivity index (χ2n) is 7.81. The monoisotopic (exact) mass is 495 g/mol. The van der Waals surface area contributed by atoms with Crippen LogP contribution in [-0.2, 0) is 22.6 Å². The van der Waals surface area contributed by atoms with Crippen molar-refractivity contribution in [3.63, 3.8) is 0 Å². The summed E-state index contributed by atoms with van der Waals surface area (Å²) in [5.41, 5.74) is 0.808. The molecule has 3 rings (SSSR count). The molecule has 1 N–H and O–H groups in total. The van der Waals surface area contributed by atoms with Crippen LogP contribution in [0.4, 0.5) is 10.1 Å². The van der Waals surface area contributed by atoms with Crippen LogP contribution in [0.5, 0.6) is 11.5 Å². The van der Waals surface area contributed by atoms with Crippen molar-refractivity contribution in [1.82, 2.24) is 10.2 Å². The van der Waals surface area contributed by atoms with Gasteiger partial charge in [-0.15, -0.1) is 0 Å². The molecule has 0 heterocycles. The number of rotatable bonds is 11. The third-order valence-electron chi connectivity index (χ3n) is 5.53. The molecule has 9 nitrogen and oxygen atoms in total. The zero-order chi connectivity index (χ0) is 26.1. The van der Waals surface area contributed by atoms with Gasteiger partial charge in [-0.05, 0) is 17.7 Å². The average Bonchev–Trinajstić information content (AvgIpc) is 2.90. The van der Waals surface area contributed by atoms with Crippen LogP contribution in [0.1, 0.15) is 11.1 Å². The predicted molar refractivity (Wildman–Crippen MR) is 130 cm³/mol. The van der Waals surface area contributed by atoms with Gasteiger partial charge < -0.3 is 19.7 Å². The first-order valence-corrected chi connectivity index (χ1v) is 11.1. The highest BCUT2D eigenvalue weighted by molar-refractivity contribution is 5.88. The molecule has 0 radical (unpaired) electrons. The number of nitro benzene ring substituents is 1. The van der Waals surface area contributed by atoms with Gasteiger partial charge in [0.15, 0.2) is 6.61 Å². The molecule has 188 valence electrons. The molecule has 0 aliphatic rings. The maximum Gasteiger partial charge on any atom is 0.311 e. The number of carbonyl (C=O) groups is 2. The summed E-state index contributed by atoms with van der Waals surface area (Å²) >= 11 is 0. The molecule has 0 bridgehead atoms. The number of halogens is 1. The van der Waals surface area contributed by atoms with Gasteiger partial charge in [0.05, 0.1) is 12.0 Å². The first-order valence-electron chi connectivity index (χ1n) is 11.1. The van der Waals surface area contributed by atoms with Crippen molar-refractivity contribution in [1.29, 1.82) is 0 Å². The Morgan fingerprint density at radius 1 is 1.08 bits per heavy atom. The topological polar surface area (TPSA) is 111 Å². The lowest BCUT2D eigenvalue weighted by atomic mass is 10.0. The Morgan fingerprint density at radius 3 is 2.42 bits per heavy atom. The van der Waals surface area contributed by atoms with Crippen molar-refractivity contribution < 1.29 is 28.4 Å². The number of nitrogens with one attached hydrogen (secondary N) is 1. The molecular formula is C26H26FN3O6. The van der Waals surface area contributed by atoms with Gasteiger partial charge in [-0.1, -0.05) is 48.5 Å². The Hall–Kier alpha value is -4.47. The smallest absolute Gasteiger partial charge is 0.311 e. The molecule has 0 saturated carbocycles. The van der Waals surface area contributed by atoms with Crippen molar-refractivity contribution in [2.45, 2.75) is 19.0 Å². The number of benzene rings is 3. The highest BCUT2D eigenvalue weighted by Crippen LogP contribution is 2.30. The van der Waals surface area contributed by atoms with E-state index >= 15 is 0 Å². The third kappa shape index (κ3) is 6.56. The van der Waals surface area contributed by atoms with Crippen LogP contribution in [0, 0.1) is 15.9 Å². The summed E-state index contributed by atoms with van der Waals surface area (Å²) in [7, 11) is 2.75. The van der Waals surface area contributed by atoms with Crippen LogP contribution in [0.3, 0.4) is 0 Å². The SMILES string of the molecule is CNC(=O)[C@@H](Cc1ccccc1)N(Cc1ccccc1F)C(=O)COc1ccc([N+](=O)[O-])c(OC)c1. The molecule has 3 aromatic carbocycles. The van der Waals surface area contributed by atoms with Crippen molar-refractivity contribution in [3.8, 4) is 11.5 Å². The number of amides is 2. The van der Waals surface area contributed by atoms with Crippen LogP contribution in [-0.4, -0.2) is 48.4 Å². The Kier molecular flexibility index (Phi) is 8.93. The van der Waals surface area contributed by atoms with Gasteiger partial charge >= 0.3 is 5.69 Å². The fourth-order valence-corrected chi connectivity index (χ4v) is 3.66. The molecule has 36 heavy (non-hydrogen) atoms. The van der Waals surface area contributed by atoms with Crippen molar-refractivity contribution in [2.75, 3.05) is 20.8 Å². The summed E-state index contributed by atoms with van der Waals surface area (Å²) in [5, 5.41) is 13.7. The van der Waals surface area contributed by atoms with Gasteiger partial charge in [0.1, 0.15) is 17.6 Å². The zero-order valence-corrected chi connectivity index (χ0v) is 19.8. The Bertz CT molecular complexity index is 1220. The maximum absolute atomic E-state index is 14.5. The molecular weight excluding hydrogens is 469 g/mol. The van der Waals surface area contributed by atoms with E-state index in [9.17, 15) is 24.1 Å². The molecule has 2 amide bonds. The Balaban J connectivity index is 1.89. The molecule has 0 saturated heterocycles. The van der Waals surface area contributed by atoms with E-state index < -0.39 is 35.2 Å². The van der Waals surface area contributed by atoms with E-state index in [1.807, 2.05) is 30.3 Å². The van der Waals surface area contributed by atoms with E-state index in [0.29, 0.717) is 0 Å². The summed E-state index contributed by atoms with van der Waals surface area (Å²) in [6, 6.07) is 18.1. The lowest BCUT2D eigenvalue weighted by Crippen LogP contribution is -2.51. The predicted octanol–water partition coefficient (Wildman–Crippen LogP) is 3.51. The van der Waals surface area contributed by atoms with E-state index in [2.05, 4.69) is 5.32 Å². The van der Waals surface area contributed by atoms with E-state index in [1.54, 1.807) is 12.1 Å². The number of hydrogen-bond donors (Lipinski definition) is 1. The number of nitrogens with zero attached hydrogens (tertiary/aromatic N) is 2. The standard InChI is InChI=1S/C26H26FN3O6/c1-28-26(32)23(14-18-8-4-3-5-9-18)29(16-19-10-6-7-11-21(19)27)25(31)17-36-20-12-13-22(30(33)34)24(15-20)35-2/h3-13,15,23H,14,16-17H2,1-2H3,(H,28,32)/t23-/m1/s1. The minimum atomic E-state index is -0.945. The minimum absolute atomic E-state index is 0.0273. The summed E-state index contributed by atoms with van der Waals surface area (Å²) in [6.07, 6.45) is 0.200. The highest BCUT2D eigenvalue weighted by atomic mass is 19.1. The molecule has 0 aromatic heterocycles. The van der Waals surface area contributed by atoms with E-state index in [1.165, 1.54) is 49.4 Å². The Labute approximate surface area is 207 Å². The molecule has 3 aromatic rings. The maximum atomic E-state index is 14.5. The van der Waals surface area contributed by atoms with E-state index in [0.717, 1.165) is 5.56 Å². The second-order valence-corrected chi connectivity index (χ2v) is 7.81. The number of likely N-dealkylation sites (N-methyl/N-ethyl adjacent to an activating group) is 1. The average molecular weight is 496 g/mol. The molecule has 10 heteroatoms. The van der Waals surface area contributed by atoms with Gasteiger partial charge in [0, 0.05) is 37.7 Å². The fraction of sp³-hybridized carbons (Fsp3) is 0.231. The lowest BCUT2D eigenvalue weighted by Gasteiger charge is -2.31. The normalized spacial score (nSPS) is 11.3. The molecule has 0 spiro atoms. The molecule has 0 aliphatic carbocycles. The number of nitro groups is 1. The second kappa shape index (κ2) is 12.3. The molecule has 0 fully saturated rings. The van der Waals surface area contributed by atoms with Gasteiger partial charge in [0.25, 0.3) is 5.91 Å². The van der Waals surface area contributed by atoms with Crippen molar-refractivity contribution in [3.05, 3.63) is 99.9 Å². The number of carbonyl (C=O) groups excluding carboxylic acids is 2. The van der Waals surface area contributed by atoms with Gasteiger partial charge in [-0.3, -0.25) is 19.7 Å². The van der Waals surface area contributed by atoms with Crippen LogP contribution in [0.15, 0.2) is 72.8 Å². The van der Waals surface area contributed by atoms with E-state index in [-0.39, 0.29) is 35.7 Å². The molecule has 1 atom stereocenters. The molecule has 0 unspecified atom stereocenters. The first kappa shape index (κ1) is 26.1. The summed E-state index contributed by atoms with van der Waals surface area (Å²) in [4.78, 5) is 38.0. The zero-order valence-electron chi connectivity index (χ0n) is 19.8. The van der Waals surface area contributed by atoms with Gasteiger partial charge in [0.2, 0.25) is 11.7 Å². The van der Waals surface area contributed by atoms with Gasteiger partial charge in [-0.2, -0.15) is 0 Å². The summed E-state index contributed by atoms with van der Waals surface area (Å²) in [6.45, 7) is -0.652. The quantitative estimate of drug-likeness (QED) is 0.322. The fourth-order valence-electron chi connectivity index (χ4n) is 3.66. The largest absolute Gasteiger partial charge is 0.490 e. The Morgan fingerprint density at radius 2 is 1.78 bits per heavy atom. The number of hydrogen-bond acceptors (Lipinski definition) is 6. The minimum Gasteiger partial charge on any atom is -0.490 e. The van der Waals surface area contributed by atoms with Gasteiger partial charge in [-0.25, -0.2) is 4.39 Å². The van der Waals surface area contributed by atoms with Crippen LogP contribution in [0.25, 0.3) is 0 Å². The van der Waals surface area contributed by atoms with Crippen LogP contribution >= 0.6 is 0 Å². The third-order valence-corrected chi connectivity index (χ3v) is 5.53. The number of ether oxygens (including phenoxy) is 2. The van der Waals surface area contributed by atoms with Crippen LogP contribution < -0.4 is 14.8 Å². The lowest BCUT2D eigenvalue weighted by molar-refractivity contribution is -0.385. The molecule has 0 aliphatic heterocycles. The van der Waals surface area contributed by atoms with Crippen LogP contribution in [0.2, 0.25) is 0 Å². The van der Waals surface area contributed by atoms with Crippen molar-refractivity contribution in [2.24, 2.45) is 0 Å².